The number of amides is 1. The Morgan fingerprint density at radius 2 is 1.60 bits per heavy atom. The van der Waals surface area contributed by atoms with E-state index in [0.29, 0.717) is 11.8 Å². The second-order valence-electron chi connectivity index (χ2n) is 9.49. The second kappa shape index (κ2) is 15.5. The van der Waals surface area contributed by atoms with Crippen molar-refractivity contribution in [2.24, 2.45) is 5.89 Å². The van der Waals surface area contributed by atoms with Crippen molar-refractivity contribution in [2.45, 2.75) is 63.6 Å². The highest BCUT2D eigenvalue weighted by Gasteiger charge is 2.30. The maximum atomic E-state index is 15.3. The van der Waals surface area contributed by atoms with Gasteiger partial charge in [-0.05, 0) is 78.1 Å². The highest BCUT2D eigenvalue weighted by molar-refractivity contribution is 7.98. The molecule has 1 amide bonds. The lowest BCUT2D eigenvalue weighted by molar-refractivity contribution is -0.137. The van der Waals surface area contributed by atoms with Crippen molar-refractivity contribution in [3.05, 3.63) is 117 Å². The zero-order valence-corrected chi connectivity index (χ0v) is 26.0. The SMILES string of the molecule is [2H]c1c([2H])c(CSc2nc(=O)c3c(n2C([2H])([2H])C(=O)N(CCN(C([2H])([2H])C)C([2H])([2H])C)C([2H])([2H])c2c([2H])c([2H])c(-c4c([2H])c([2H])c(C(F)(F)F)c([2H])c4[2H])c([2H])c2[2H])C([2H])([2H])C([2H])(C)C3([2H])[2H])c([2H])c([2H])c1F. The predicted octanol–water partition coefficient (Wildman–Crippen LogP) is 7.47. The van der Waals surface area contributed by atoms with Gasteiger partial charge < -0.3 is 14.4 Å². The molecule has 5 rings (SSSR count). The van der Waals surface area contributed by atoms with Gasteiger partial charge in [0.25, 0.3) is 5.56 Å². The first kappa shape index (κ1) is 15.3. The summed E-state index contributed by atoms with van der Waals surface area (Å²) >= 11 is 0.0637. The van der Waals surface area contributed by atoms with Crippen LogP contribution in [0.3, 0.4) is 0 Å². The van der Waals surface area contributed by atoms with Crippen LogP contribution >= 0.6 is 11.8 Å². The van der Waals surface area contributed by atoms with Crippen LogP contribution in [0.15, 0.2) is 82.5 Å². The summed E-state index contributed by atoms with van der Waals surface area (Å²) in [6.45, 7) is -14.0. The number of alkyl halides is 3. The molecule has 254 valence electrons. The number of likely N-dealkylation sites (N-methyl/N-ethyl adjacent to an activating group) is 1. The van der Waals surface area contributed by atoms with Crippen molar-refractivity contribution in [2.75, 3.05) is 26.1 Å². The summed E-state index contributed by atoms with van der Waals surface area (Å²) in [4.78, 5) is 32.9. The van der Waals surface area contributed by atoms with Gasteiger partial charge in [0.15, 0.2) is 5.16 Å². The maximum absolute atomic E-state index is 15.3. The minimum atomic E-state index is -5.48. The summed E-state index contributed by atoms with van der Waals surface area (Å²) < 4.78 is 271. The van der Waals surface area contributed by atoms with Crippen LogP contribution in [-0.4, -0.2) is 51.3 Å². The first-order chi connectivity index (χ1) is 32.7. The van der Waals surface area contributed by atoms with Crippen LogP contribution in [0.2, 0.25) is 0 Å². The second-order valence-corrected chi connectivity index (χ2v) is 10.4. The van der Waals surface area contributed by atoms with E-state index in [1.807, 2.05) is 0 Å². The van der Waals surface area contributed by atoms with Gasteiger partial charge >= 0.3 is 6.18 Å². The topological polar surface area (TPSA) is 58.4 Å². The standard InChI is InChI=1S/C37H40F4N4O2S/c1-4-43(5-2)18-19-44(22-26-6-10-28(11-7-26)29-12-14-30(15-13-29)37(39,40)41)34(46)23-45-33-21-25(3)20-32(33)35(47)42-36(45)48-24-27-8-16-31(38)17-9-27/h6-17,25H,4-5,18-24H2,1-3H3/i4D2,5D2,6D,7D,8D,9D,10D,11D,12D,13D,14D,15D,16D,17D,20D2,21D2,22D2,23D2,25D. The van der Waals surface area contributed by atoms with Crippen LogP contribution in [-0.2, 0) is 42.5 Å². The van der Waals surface area contributed by atoms with Gasteiger partial charge in [0.1, 0.15) is 12.3 Å². The summed E-state index contributed by atoms with van der Waals surface area (Å²) in [7, 11) is 0. The number of aromatic nitrogens is 2. The van der Waals surface area contributed by atoms with Crippen LogP contribution in [0.1, 0.15) is 83.0 Å². The van der Waals surface area contributed by atoms with E-state index < -0.39 is 204 Å². The van der Waals surface area contributed by atoms with Crippen LogP contribution < -0.4 is 5.56 Å². The molecule has 0 aliphatic heterocycles. The Morgan fingerprint density at radius 1 is 1.00 bits per heavy atom. The molecular weight excluding hydrogens is 640 g/mol. The van der Waals surface area contributed by atoms with E-state index >= 15 is 4.79 Å². The molecule has 6 nitrogen and oxygen atoms in total. The smallest absolute Gasteiger partial charge is 0.336 e. The number of carbonyl (C=O) groups is 1. The van der Waals surface area contributed by atoms with Gasteiger partial charge in [-0.15, -0.1) is 0 Å². The molecule has 0 radical (unpaired) electrons. The van der Waals surface area contributed by atoms with E-state index in [2.05, 4.69) is 4.98 Å². The third-order valence-electron chi connectivity index (χ3n) is 6.24. The van der Waals surface area contributed by atoms with E-state index in [4.69, 9.17) is 28.8 Å². The lowest BCUT2D eigenvalue weighted by atomic mass is 10.0. The van der Waals surface area contributed by atoms with Crippen LogP contribution in [0.25, 0.3) is 11.1 Å². The van der Waals surface area contributed by atoms with Crippen molar-refractivity contribution in [1.29, 1.82) is 0 Å². The van der Waals surface area contributed by atoms with Crippen molar-refractivity contribution < 1.29 is 56.6 Å². The highest BCUT2D eigenvalue weighted by atomic mass is 32.2. The van der Waals surface area contributed by atoms with E-state index in [1.54, 1.807) is 0 Å². The van der Waals surface area contributed by atoms with Gasteiger partial charge in [-0.3, -0.25) is 9.59 Å². The molecule has 11 heteroatoms. The normalized spacial score (nSPS) is 26.7. The molecule has 1 atom stereocenters. The molecule has 0 fully saturated rings. The van der Waals surface area contributed by atoms with Gasteiger partial charge in [-0.2, -0.15) is 18.2 Å². The molecule has 1 aromatic heterocycles. The molecule has 0 bridgehead atoms. The Bertz CT molecular complexity index is 2930. The molecule has 1 heterocycles. The van der Waals surface area contributed by atoms with Crippen molar-refractivity contribution in [1.82, 2.24) is 19.4 Å². The molecule has 0 N–H and O–H groups in total. The first-order valence-corrected chi connectivity index (χ1v) is 14.6. The monoisotopic (exact) mass is 705 g/mol. The third kappa shape index (κ3) is 8.73. The van der Waals surface area contributed by atoms with Gasteiger partial charge in [0.2, 0.25) is 5.91 Å². The number of halogens is 4. The minimum absolute atomic E-state index is 0.0637. The molecule has 48 heavy (non-hydrogen) atoms. The van der Waals surface area contributed by atoms with Gasteiger partial charge in [0, 0.05) is 48.9 Å². The first-order valence-electron chi connectivity index (χ1n) is 26.2. The largest absolute Gasteiger partial charge is 0.416 e. The number of thioether (sulfide) groups is 1. The fourth-order valence-electron chi connectivity index (χ4n) is 3.97. The number of carbonyl (C=O) groups excluding carboxylic acids is 1. The van der Waals surface area contributed by atoms with Crippen LogP contribution in [0, 0.1) is 11.7 Å². The molecule has 1 aliphatic carbocycles. The Kier molecular flexibility index (Phi) is 4.94. The zero-order valence-electron chi connectivity index (χ0n) is 50.1. The molecule has 0 saturated carbocycles. The van der Waals surface area contributed by atoms with E-state index in [0.717, 1.165) is 13.8 Å². The fourth-order valence-corrected chi connectivity index (χ4v) is 4.80. The number of hydrogen-bond donors (Lipinski definition) is 0. The van der Waals surface area contributed by atoms with E-state index in [9.17, 15) is 27.8 Å². The Labute approximate surface area is 317 Å². The van der Waals surface area contributed by atoms with Crippen LogP contribution in [0.4, 0.5) is 17.6 Å². The van der Waals surface area contributed by atoms with Gasteiger partial charge in [-0.1, -0.05) is 80.9 Å². The van der Waals surface area contributed by atoms with Gasteiger partial charge in [-0.25, -0.2) is 4.39 Å². The zero-order chi connectivity index (χ0) is 56.5. The number of nitrogens with zero attached hydrogens (tertiary/aromatic N) is 4. The number of hydrogen-bond acceptors (Lipinski definition) is 5. The molecule has 4 aromatic rings. The minimum Gasteiger partial charge on any atom is -0.336 e. The average molecular weight is 706 g/mol. The summed E-state index contributed by atoms with van der Waals surface area (Å²) in [5.74, 6) is -7.95. The molecule has 1 unspecified atom stereocenters. The average Bonchev–Trinajstić information content (AvgIpc) is 3.34. The van der Waals surface area contributed by atoms with Crippen LogP contribution in [0.5, 0.6) is 0 Å². The molecule has 0 saturated heterocycles. The highest BCUT2D eigenvalue weighted by Crippen LogP contribution is 2.32. The number of fused-ring (bicyclic) bond motifs is 1. The lowest BCUT2D eigenvalue weighted by Crippen LogP contribution is -2.40. The molecule has 3 aromatic carbocycles. The Morgan fingerprint density at radius 3 is 2.21 bits per heavy atom. The van der Waals surface area contributed by atoms with E-state index in [-0.39, 0.29) is 21.2 Å². The summed E-state index contributed by atoms with van der Waals surface area (Å²) in [6, 6.07) is -16.9. The summed E-state index contributed by atoms with van der Waals surface area (Å²) in [5.41, 5.74) is -11.1. The quantitative estimate of drug-likeness (QED) is 0.0822. The van der Waals surface area contributed by atoms with Crippen molar-refractivity contribution in [3.63, 3.8) is 0 Å². The summed E-state index contributed by atoms with van der Waals surface area (Å²) in [5, 5.41) is -1.16. The number of rotatable bonds is 13. The van der Waals surface area contributed by atoms with E-state index in [1.165, 1.54) is 0 Å². The predicted molar refractivity (Wildman–Crippen MR) is 181 cm³/mol. The maximum Gasteiger partial charge on any atom is 0.416 e. The molecule has 1 aliphatic rings. The third-order valence-corrected chi connectivity index (χ3v) is 7.21. The fraction of sp³-hybridized carbons (Fsp3) is 0.378. The molecule has 0 spiro atoms. The van der Waals surface area contributed by atoms with Crippen molar-refractivity contribution in [3.8, 4) is 11.1 Å². The lowest BCUT2D eigenvalue weighted by Gasteiger charge is -2.28. The Hall–Kier alpha value is -3.96. The summed E-state index contributed by atoms with van der Waals surface area (Å²) in [6.07, 6.45) is -12.4. The van der Waals surface area contributed by atoms with Crippen molar-refractivity contribution >= 4 is 17.7 Å². The number of benzene rings is 3. The Balaban J connectivity index is 1.88. The molecular formula is C37H40F4N4O2S. The van der Waals surface area contributed by atoms with Gasteiger partial charge in [0.05, 0.1) is 27.5 Å².